The number of aryl methyl sites for hydroxylation is 1. The van der Waals surface area contributed by atoms with Gasteiger partial charge < -0.3 is 15.2 Å². The minimum absolute atomic E-state index is 0.0878. The number of hydrogen-bond acceptors (Lipinski definition) is 7. The topological polar surface area (TPSA) is 107 Å². The van der Waals surface area contributed by atoms with E-state index in [-0.39, 0.29) is 12.1 Å². The molecule has 1 aromatic carbocycles. The van der Waals surface area contributed by atoms with E-state index in [0.29, 0.717) is 25.6 Å². The van der Waals surface area contributed by atoms with Gasteiger partial charge in [-0.15, -0.1) is 0 Å². The Labute approximate surface area is 206 Å². The average Bonchev–Trinajstić information content (AvgIpc) is 3.40. The van der Waals surface area contributed by atoms with E-state index in [1.807, 2.05) is 44.5 Å². The van der Waals surface area contributed by atoms with E-state index in [4.69, 9.17) is 15.2 Å². The molecule has 1 atom stereocenters. The van der Waals surface area contributed by atoms with Crippen molar-refractivity contribution in [1.82, 2.24) is 24.9 Å². The highest BCUT2D eigenvalue weighted by atomic mass is 16.5. The van der Waals surface area contributed by atoms with Crippen molar-refractivity contribution in [2.24, 2.45) is 17.8 Å². The maximum atomic E-state index is 6.47. The summed E-state index contributed by atoms with van der Waals surface area (Å²) in [5.41, 5.74) is 11.7. The van der Waals surface area contributed by atoms with Gasteiger partial charge in [0, 0.05) is 38.6 Å². The number of fused-ring (bicyclic) bond motifs is 3. The molecule has 2 aromatic heterocycles. The first-order valence-electron chi connectivity index (χ1n) is 12.0. The van der Waals surface area contributed by atoms with Gasteiger partial charge in [0.15, 0.2) is 5.88 Å². The van der Waals surface area contributed by atoms with E-state index in [1.54, 1.807) is 11.7 Å². The summed E-state index contributed by atoms with van der Waals surface area (Å²) in [6, 6.07) is 6.42. The van der Waals surface area contributed by atoms with Gasteiger partial charge in [-0.3, -0.25) is 15.0 Å². The van der Waals surface area contributed by atoms with Gasteiger partial charge in [0.05, 0.1) is 40.9 Å². The number of nitrogens with zero attached hydrogens (tertiary/aromatic N) is 5. The van der Waals surface area contributed by atoms with E-state index in [2.05, 4.69) is 52.0 Å². The van der Waals surface area contributed by atoms with Crippen molar-refractivity contribution in [3.63, 3.8) is 0 Å². The molecule has 9 heteroatoms. The minimum Gasteiger partial charge on any atom is -0.479 e. The first-order chi connectivity index (χ1) is 16.8. The van der Waals surface area contributed by atoms with Crippen molar-refractivity contribution < 1.29 is 9.47 Å². The van der Waals surface area contributed by atoms with Gasteiger partial charge in [0.2, 0.25) is 5.88 Å². The first-order valence-corrected chi connectivity index (χ1v) is 12.0. The zero-order chi connectivity index (χ0) is 25.1. The van der Waals surface area contributed by atoms with Gasteiger partial charge in [-0.25, -0.2) is 4.68 Å². The van der Waals surface area contributed by atoms with Gasteiger partial charge >= 0.3 is 0 Å². The van der Waals surface area contributed by atoms with E-state index >= 15 is 0 Å². The number of aromatic nitrogens is 4. The first kappa shape index (κ1) is 24.5. The molecule has 0 spiro atoms. The number of benzene rings is 1. The minimum atomic E-state index is -0.0878. The van der Waals surface area contributed by atoms with Gasteiger partial charge in [0.1, 0.15) is 6.10 Å². The molecule has 0 fully saturated rings. The third kappa shape index (κ3) is 5.09. The lowest BCUT2D eigenvalue weighted by Gasteiger charge is -2.30. The molecule has 1 unspecified atom stereocenters. The second kappa shape index (κ2) is 10.4. The fourth-order valence-corrected chi connectivity index (χ4v) is 4.29. The van der Waals surface area contributed by atoms with Gasteiger partial charge in [0.25, 0.3) is 0 Å². The summed E-state index contributed by atoms with van der Waals surface area (Å²) in [5, 5.41) is 13.1. The summed E-state index contributed by atoms with van der Waals surface area (Å²) in [6.45, 7) is 10.1. The molecule has 3 aromatic rings. The summed E-state index contributed by atoms with van der Waals surface area (Å²) >= 11 is 0. The molecule has 1 aliphatic rings. The number of nitrogens with two attached hydrogens (primary N) is 1. The van der Waals surface area contributed by atoms with E-state index in [1.165, 1.54) is 0 Å². The van der Waals surface area contributed by atoms with Crippen molar-refractivity contribution in [3.8, 4) is 17.0 Å². The Morgan fingerprint density at radius 1 is 1.34 bits per heavy atom. The fraction of sp³-hybridized carbons (Fsp3) is 0.423. The molecule has 0 amide bonds. The molecule has 1 aliphatic heterocycles. The van der Waals surface area contributed by atoms with Gasteiger partial charge in [-0.05, 0) is 57.5 Å². The number of ether oxygens (including phenoxy) is 2. The monoisotopic (exact) mass is 477 g/mol. The van der Waals surface area contributed by atoms with Crippen molar-refractivity contribution in [2.45, 2.75) is 39.8 Å². The summed E-state index contributed by atoms with van der Waals surface area (Å²) < 4.78 is 14.0. The molecule has 2 bridgehead atoms. The largest absolute Gasteiger partial charge is 0.479 e. The maximum Gasteiger partial charge on any atom is 0.219 e. The average molecular weight is 478 g/mol. The summed E-state index contributed by atoms with van der Waals surface area (Å²) in [6.07, 6.45) is 5.70. The highest BCUT2D eigenvalue weighted by molar-refractivity contribution is 6.05. The summed E-state index contributed by atoms with van der Waals surface area (Å²) in [5.74, 6) is 1.09. The van der Waals surface area contributed by atoms with Crippen LogP contribution in [0.4, 0.5) is 0 Å². The van der Waals surface area contributed by atoms with Gasteiger partial charge in [-0.2, -0.15) is 10.2 Å². The van der Waals surface area contributed by atoms with Crippen LogP contribution in [0.1, 0.15) is 33.4 Å². The molecule has 0 saturated carbocycles. The van der Waals surface area contributed by atoms with E-state index in [0.717, 1.165) is 44.9 Å². The molecule has 9 nitrogen and oxygen atoms in total. The normalized spacial score (nSPS) is 21.0. The Morgan fingerprint density at radius 3 is 2.86 bits per heavy atom. The lowest BCUT2D eigenvalue weighted by molar-refractivity contribution is 0.128. The van der Waals surface area contributed by atoms with Crippen molar-refractivity contribution in [2.75, 3.05) is 26.7 Å². The third-order valence-corrected chi connectivity index (χ3v) is 6.23. The van der Waals surface area contributed by atoms with Crippen LogP contribution >= 0.6 is 0 Å². The fourth-order valence-electron chi connectivity index (χ4n) is 4.29. The molecular formula is C26H35N7O2. The maximum absolute atomic E-state index is 6.47. The number of rotatable bonds is 3. The predicted molar refractivity (Wildman–Crippen MR) is 140 cm³/mol. The molecular weight excluding hydrogens is 442 g/mol. The predicted octanol–water partition coefficient (Wildman–Crippen LogP) is 3.75. The zero-order valence-corrected chi connectivity index (χ0v) is 21.4. The highest BCUT2D eigenvalue weighted by Crippen LogP contribution is 2.33. The molecule has 0 aliphatic carbocycles. The quantitative estimate of drug-likeness (QED) is 0.557. The van der Waals surface area contributed by atoms with Crippen LogP contribution in [0.3, 0.4) is 0 Å². The molecule has 186 valence electrons. The molecule has 4 rings (SSSR count). The SMILES string of the molecule is CCO/C(N)=C1\C=C\c2[nH]nc3ccc(cc23)-c2cnn(C)c2OC(C)CN(C(C)C)CC1=NC. The summed E-state index contributed by atoms with van der Waals surface area (Å²) in [7, 11) is 3.69. The van der Waals surface area contributed by atoms with Crippen LogP contribution in [0.25, 0.3) is 28.1 Å². The number of H-pyrrole nitrogens is 1. The smallest absolute Gasteiger partial charge is 0.219 e. The van der Waals surface area contributed by atoms with Crippen LogP contribution in [-0.2, 0) is 11.8 Å². The van der Waals surface area contributed by atoms with Crippen molar-refractivity contribution in [1.29, 1.82) is 0 Å². The number of aromatic amines is 1. The lowest BCUT2D eigenvalue weighted by atomic mass is 10.0. The number of hydrogen-bond donors (Lipinski definition) is 2. The Bertz CT molecular complexity index is 1280. The number of nitrogens with one attached hydrogen (secondary N) is 1. The van der Waals surface area contributed by atoms with Crippen LogP contribution in [0.15, 0.2) is 46.9 Å². The number of allylic oxidation sites excluding steroid dienone is 1. The lowest BCUT2D eigenvalue weighted by Crippen LogP contribution is -2.42. The van der Waals surface area contributed by atoms with E-state index in [9.17, 15) is 0 Å². The molecule has 0 radical (unpaired) electrons. The van der Waals surface area contributed by atoms with Crippen LogP contribution in [0.5, 0.6) is 5.88 Å². The van der Waals surface area contributed by atoms with Crippen molar-refractivity contribution in [3.05, 3.63) is 47.6 Å². The second-order valence-electron chi connectivity index (χ2n) is 9.02. The third-order valence-electron chi connectivity index (χ3n) is 6.23. The second-order valence-corrected chi connectivity index (χ2v) is 9.02. The van der Waals surface area contributed by atoms with Crippen LogP contribution in [0.2, 0.25) is 0 Å². The summed E-state index contributed by atoms with van der Waals surface area (Å²) in [4.78, 5) is 6.93. The van der Waals surface area contributed by atoms with Crippen LogP contribution in [0, 0.1) is 0 Å². The molecule has 35 heavy (non-hydrogen) atoms. The standard InChI is InChI=1S/C26H35N7O2/c1-7-34-25(27)19-9-11-23-20-12-18(8-10-22(20)30-31-23)21-13-29-32(6)26(21)35-17(4)14-33(16(2)3)15-24(19)28-5/h8-13,16-17H,7,14-15,27H2,1-6H3,(H,30,31)/b11-9+,25-19+,28-24?. The Kier molecular flexibility index (Phi) is 7.25. The van der Waals surface area contributed by atoms with Gasteiger partial charge in [-0.1, -0.05) is 6.07 Å². The Morgan fingerprint density at radius 2 is 2.14 bits per heavy atom. The van der Waals surface area contributed by atoms with Crippen LogP contribution in [-0.4, -0.2) is 69.5 Å². The van der Waals surface area contributed by atoms with E-state index < -0.39 is 0 Å². The Hall–Kier alpha value is -3.59. The Balaban J connectivity index is 1.91. The highest BCUT2D eigenvalue weighted by Gasteiger charge is 2.22. The molecule has 0 saturated heterocycles. The van der Waals surface area contributed by atoms with Crippen molar-refractivity contribution >= 4 is 22.7 Å². The molecule has 3 heterocycles. The molecule has 3 N–H and O–H groups in total. The van der Waals surface area contributed by atoms with Crippen LogP contribution < -0.4 is 10.5 Å². The zero-order valence-electron chi connectivity index (χ0n) is 21.4. The number of aliphatic imine (C=N–C) groups is 1.